The van der Waals surface area contributed by atoms with E-state index in [0.29, 0.717) is 19.4 Å². The summed E-state index contributed by atoms with van der Waals surface area (Å²) in [5.74, 6) is -1.74. The Morgan fingerprint density at radius 1 is 0.941 bits per heavy atom. The van der Waals surface area contributed by atoms with Crippen LogP contribution in [0.4, 0.5) is 4.79 Å². The topological polar surface area (TPSA) is 105 Å². The number of fused-ring (bicyclic) bond motifs is 3. The molecule has 0 bridgehead atoms. The monoisotopic (exact) mass is 466 g/mol. The number of rotatable bonds is 12. The average molecular weight is 467 g/mol. The molecule has 2 aromatic carbocycles. The van der Waals surface area contributed by atoms with Crippen LogP contribution in [0.2, 0.25) is 0 Å². The molecule has 0 radical (unpaired) electrons. The van der Waals surface area contributed by atoms with Crippen LogP contribution in [0.1, 0.15) is 56.6 Å². The third kappa shape index (κ3) is 6.37. The third-order valence-electron chi connectivity index (χ3n) is 6.46. The van der Waals surface area contributed by atoms with Crippen LogP contribution in [0, 0.1) is 11.8 Å². The van der Waals surface area contributed by atoms with Crippen LogP contribution in [0.25, 0.3) is 11.1 Å². The SMILES string of the molecule is CCCC(CNC(=O)CC(CC)CNC(=O)OCC1c2ccccc2-c2ccccc21)C(=O)O. The molecule has 2 aromatic rings. The molecule has 0 spiro atoms. The number of aliphatic carboxylic acids is 1. The van der Waals surface area contributed by atoms with Gasteiger partial charge in [-0.15, -0.1) is 0 Å². The molecule has 0 aliphatic heterocycles. The third-order valence-corrected chi connectivity index (χ3v) is 6.46. The number of benzene rings is 2. The molecule has 1 aliphatic carbocycles. The Hall–Kier alpha value is -3.35. The number of alkyl carbamates (subject to hydrolysis) is 1. The van der Waals surface area contributed by atoms with Crippen LogP contribution in [-0.4, -0.2) is 42.8 Å². The Morgan fingerprint density at radius 2 is 1.56 bits per heavy atom. The van der Waals surface area contributed by atoms with E-state index in [9.17, 15) is 19.5 Å². The van der Waals surface area contributed by atoms with Crippen LogP contribution in [0.5, 0.6) is 0 Å². The van der Waals surface area contributed by atoms with Crippen molar-refractivity contribution in [1.29, 1.82) is 0 Å². The number of carboxylic acids is 1. The highest BCUT2D eigenvalue weighted by Crippen LogP contribution is 2.44. The Labute approximate surface area is 200 Å². The van der Waals surface area contributed by atoms with Crippen molar-refractivity contribution in [2.24, 2.45) is 11.8 Å². The average Bonchev–Trinajstić information content (AvgIpc) is 3.16. The van der Waals surface area contributed by atoms with Crippen LogP contribution in [0.3, 0.4) is 0 Å². The first-order chi connectivity index (χ1) is 16.4. The molecule has 34 heavy (non-hydrogen) atoms. The lowest BCUT2D eigenvalue weighted by Gasteiger charge is -2.18. The summed E-state index contributed by atoms with van der Waals surface area (Å²) in [5.41, 5.74) is 4.66. The molecule has 7 nitrogen and oxygen atoms in total. The second-order valence-electron chi connectivity index (χ2n) is 8.81. The molecule has 2 atom stereocenters. The fourth-order valence-electron chi connectivity index (χ4n) is 4.47. The fourth-order valence-corrected chi connectivity index (χ4v) is 4.47. The maximum Gasteiger partial charge on any atom is 0.407 e. The molecular weight excluding hydrogens is 432 g/mol. The first-order valence-corrected chi connectivity index (χ1v) is 12.0. The number of carbonyl (C=O) groups excluding carboxylic acids is 2. The van der Waals surface area contributed by atoms with Gasteiger partial charge in [-0.25, -0.2) is 4.79 Å². The van der Waals surface area contributed by atoms with E-state index in [1.807, 2.05) is 38.1 Å². The first-order valence-electron chi connectivity index (χ1n) is 12.0. The summed E-state index contributed by atoms with van der Waals surface area (Å²) in [6.45, 7) is 4.55. The molecular formula is C27H34N2O5. The maximum atomic E-state index is 12.4. The van der Waals surface area contributed by atoms with Crippen molar-refractivity contribution in [3.8, 4) is 11.1 Å². The molecule has 0 aromatic heterocycles. The normalized spacial score (nSPS) is 13.9. The molecule has 3 N–H and O–H groups in total. The van der Waals surface area contributed by atoms with Gasteiger partial charge in [0.15, 0.2) is 0 Å². The highest BCUT2D eigenvalue weighted by molar-refractivity contribution is 5.79. The van der Waals surface area contributed by atoms with E-state index < -0.39 is 18.0 Å². The van der Waals surface area contributed by atoms with Gasteiger partial charge in [0.2, 0.25) is 5.91 Å². The van der Waals surface area contributed by atoms with Gasteiger partial charge < -0.3 is 20.5 Å². The van der Waals surface area contributed by atoms with E-state index in [1.54, 1.807) is 0 Å². The molecule has 7 heteroatoms. The number of amides is 2. The smallest absolute Gasteiger partial charge is 0.407 e. The van der Waals surface area contributed by atoms with E-state index in [2.05, 4.69) is 34.9 Å². The van der Waals surface area contributed by atoms with Crippen molar-refractivity contribution in [3.63, 3.8) is 0 Å². The lowest BCUT2D eigenvalue weighted by Crippen LogP contribution is -2.36. The van der Waals surface area contributed by atoms with E-state index >= 15 is 0 Å². The lowest BCUT2D eigenvalue weighted by atomic mass is 9.98. The van der Waals surface area contributed by atoms with Crippen molar-refractivity contribution in [2.75, 3.05) is 19.7 Å². The zero-order valence-electron chi connectivity index (χ0n) is 19.9. The Morgan fingerprint density at radius 3 is 2.12 bits per heavy atom. The summed E-state index contributed by atoms with van der Waals surface area (Å²) in [7, 11) is 0. The second-order valence-corrected chi connectivity index (χ2v) is 8.81. The molecule has 0 fully saturated rings. The Kier molecular flexibility index (Phi) is 9.08. The number of ether oxygens (including phenoxy) is 1. The number of hydrogen-bond donors (Lipinski definition) is 3. The van der Waals surface area contributed by atoms with E-state index in [1.165, 1.54) is 11.1 Å². The van der Waals surface area contributed by atoms with Gasteiger partial charge in [0.1, 0.15) is 6.61 Å². The highest BCUT2D eigenvalue weighted by atomic mass is 16.5. The zero-order chi connectivity index (χ0) is 24.5. The van der Waals surface area contributed by atoms with Crippen LogP contribution >= 0.6 is 0 Å². The van der Waals surface area contributed by atoms with Crippen molar-refractivity contribution in [1.82, 2.24) is 10.6 Å². The largest absolute Gasteiger partial charge is 0.481 e. The summed E-state index contributed by atoms with van der Waals surface area (Å²) in [4.78, 5) is 35.9. The first kappa shape index (κ1) is 25.3. The standard InChI is InChI=1S/C27H34N2O5/c1-3-9-19(26(31)32)16-28-25(30)14-18(4-2)15-29-27(33)34-17-24-22-12-7-5-10-20(22)21-11-6-8-13-23(21)24/h5-8,10-13,18-19,24H,3-4,9,14-17H2,1-2H3,(H,28,30)(H,29,33)(H,31,32). The molecule has 2 amide bonds. The van der Waals surface area contributed by atoms with Crippen LogP contribution < -0.4 is 10.6 Å². The van der Waals surface area contributed by atoms with Gasteiger partial charge >= 0.3 is 12.1 Å². The maximum absolute atomic E-state index is 12.4. The number of carboxylic acid groups (broad SMARTS) is 1. The van der Waals surface area contributed by atoms with E-state index in [4.69, 9.17) is 4.74 Å². The summed E-state index contributed by atoms with van der Waals surface area (Å²) in [6.07, 6.45) is 1.69. The fraction of sp³-hybridized carbons (Fsp3) is 0.444. The van der Waals surface area contributed by atoms with Crippen molar-refractivity contribution in [2.45, 2.75) is 45.4 Å². The van der Waals surface area contributed by atoms with Gasteiger partial charge in [0.05, 0.1) is 5.92 Å². The number of carbonyl (C=O) groups is 3. The number of nitrogens with one attached hydrogen (secondary N) is 2. The summed E-state index contributed by atoms with van der Waals surface area (Å²) in [6, 6.07) is 16.3. The van der Waals surface area contributed by atoms with Gasteiger partial charge in [-0.3, -0.25) is 9.59 Å². The predicted octanol–water partition coefficient (Wildman–Crippen LogP) is 4.56. The van der Waals surface area contributed by atoms with E-state index in [0.717, 1.165) is 17.5 Å². The zero-order valence-corrected chi connectivity index (χ0v) is 19.9. The van der Waals surface area contributed by atoms with Gasteiger partial charge in [0.25, 0.3) is 0 Å². The van der Waals surface area contributed by atoms with Crippen molar-refractivity contribution in [3.05, 3.63) is 59.7 Å². The molecule has 3 rings (SSSR count). The van der Waals surface area contributed by atoms with E-state index in [-0.39, 0.29) is 37.3 Å². The summed E-state index contributed by atoms with van der Waals surface area (Å²) >= 11 is 0. The molecule has 2 unspecified atom stereocenters. The van der Waals surface area contributed by atoms with Crippen LogP contribution in [0.15, 0.2) is 48.5 Å². The second kappa shape index (κ2) is 12.2. The Bertz CT molecular complexity index is 961. The molecule has 0 saturated carbocycles. The quantitative estimate of drug-likeness (QED) is 0.425. The minimum atomic E-state index is -0.897. The molecule has 0 heterocycles. The minimum Gasteiger partial charge on any atom is -0.481 e. The predicted molar refractivity (Wildman–Crippen MR) is 131 cm³/mol. The molecule has 0 saturated heterocycles. The Balaban J connectivity index is 1.46. The highest BCUT2D eigenvalue weighted by Gasteiger charge is 2.29. The van der Waals surface area contributed by atoms with Gasteiger partial charge in [0, 0.05) is 25.4 Å². The minimum absolute atomic E-state index is 0.00352. The number of hydrogen-bond acceptors (Lipinski definition) is 4. The summed E-state index contributed by atoms with van der Waals surface area (Å²) < 4.78 is 5.56. The van der Waals surface area contributed by atoms with Crippen molar-refractivity contribution >= 4 is 18.0 Å². The van der Waals surface area contributed by atoms with Gasteiger partial charge in [-0.1, -0.05) is 75.2 Å². The van der Waals surface area contributed by atoms with Crippen molar-refractivity contribution < 1.29 is 24.2 Å². The molecule has 182 valence electrons. The van der Waals surface area contributed by atoms with Gasteiger partial charge in [-0.05, 0) is 34.6 Å². The molecule has 1 aliphatic rings. The lowest BCUT2D eigenvalue weighted by molar-refractivity contribution is -0.142. The summed E-state index contributed by atoms with van der Waals surface area (Å²) in [5, 5.41) is 14.7. The van der Waals surface area contributed by atoms with Crippen LogP contribution in [-0.2, 0) is 14.3 Å². The van der Waals surface area contributed by atoms with Gasteiger partial charge in [-0.2, -0.15) is 0 Å².